The molecule has 4 aliphatic rings. The number of Topliss-reactive ketones (excluding diaryl/α,β-unsaturated/α-hetero) is 1. The van der Waals surface area contributed by atoms with Gasteiger partial charge in [0, 0.05) is 24.7 Å². The van der Waals surface area contributed by atoms with Crippen molar-refractivity contribution in [2.75, 3.05) is 0 Å². The molecule has 0 radical (unpaired) electrons. The summed E-state index contributed by atoms with van der Waals surface area (Å²) < 4.78 is 5.94. The van der Waals surface area contributed by atoms with Gasteiger partial charge in [0.05, 0.1) is 0 Å². The minimum absolute atomic E-state index is 0.0809. The Kier molecular flexibility index (Phi) is 6.22. The molecule has 0 aromatic heterocycles. The third-order valence-electron chi connectivity index (χ3n) is 9.71. The minimum Gasteiger partial charge on any atom is -0.433 e. The molecule has 0 bridgehead atoms. The third kappa shape index (κ3) is 3.82. The Morgan fingerprint density at radius 1 is 1.13 bits per heavy atom. The van der Waals surface area contributed by atoms with Gasteiger partial charge in [-0.1, -0.05) is 46.1 Å². The summed E-state index contributed by atoms with van der Waals surface area (Å²) in [5.41, 5.74) is -0.883. The molecule has 4 nitrogen and oxygen atoms in total. The van der Waals surface area contributed by atoms with Crippen LogP contribution in [0.5, 0.6) is 0 Å². The third-order valence-corrected chi connectivity index (χ3v) is 9.71. The highest BCUT2D eigenvalue weighted by Crippen LogP contribution is 2.65. The molecule has 31 heavy (non-hydrogen) atoms. The number of allylic oxidation sites excluding steroid dienone is 1. The number of carbonyl (C=O) groups excluding carboxylic acids is 2. The maximum absolute atomic E-state index is 12.6. The standard InChI is InChI=1S/C27H41NO3/c1-5-6-7-8-9-24(30)31-27(28-4)17-16-25(2)19(18-27)10-11-20-21-12-13-23(29)26(21,3)15-14-22(20)25/h16-17,19-22H,4-15,18H2,1-3H3/t19?,20-,21-,22-,25-,26-,27-/m0/s1. The summed E-state index contributed by atoms with van der Waals surface area (Å²) in [7, 11) is 0. The number of ether oxygens (including phenoxy) is 1. The fraction of sp³-hybridized carbons (Fsp3) is 0.815. The van der Waals surface area contributed by atoms with Gasteiger partial charge in [-0.25, -0.2) is 0 Å². The molecule has 3 fully saturated rings. The number of nitrogens with zero attached hydrogens (tertiary/aromatic N) is 1. The highest BCUT2D eigenvalue weighted by molar-refractivity contribution is 5.87. The predicted octanol–water partition coefficient (Wildman–Crippen LogP) is 6.28. The minimum atomic E-state index is -0.897. The number of aliphatic imine (C=N–C) groups is 1. The first-order valence-corrected chi connectivity index (χ1v) is 12.7. The van der Waals surface area contributed by atoms with Gasteiger partial charge in [0.15, 0.2) is 0 Å². The summed E-state index contributed by atoms with van der Waals surface area (Å²) in [5, 5.41) is 0. The number of esters is 1. The molecule has 0 aromatic carbocycles. The molecule has 0 aliphatic heterocycles. The molecule has 1 unspecified atom stereocenters. The van der Waals surface area contributed by atoms with Crippen LogP contribution in [0.1, 0.15) is 97.8 Å². The molecule has 7 atom stereocenters. The van der Waals surface area contributed by atoms with Crippen molar-refractivity contribution in [2.45, 2.75) is 104 Å². The van der Waals surface area contributed by atoms with Crippen molar-refractivity contribution in [3.05, 3.63) is 12.2 Å². The topological polar surface area (TPSA) is 55.7 Å². The maximum Gasteiger partial charge on any atom is 0.308 e. The maximum atomic E-state index is 12.6. The number of unbranched alkanes of at least 4 members (excludes halogenated alkanes) is 3. The number of carbonyl (C=O) groups is 2. The van der Waals surface area contributed by atoms with Crippen LogP contribution in [0.3, 0.4) is 0 Å². The van der Waals surface area contributed by atoms with Gasteiger partial charge in [0.1, 0.15) is 5.78 Å². The molecule has 0 heterocycles. The van der Waals surface area contributed by atoms with Crippen LogP contribution in [0.4, 0.5) is 0 Å². The monoisotopic (exact) mass is 427 g/mol. The van der Waals surface area contributed by atoms with Crippen LogP contribution in [0.25, 0.3) is 0 Å². The molecular formula is C27H41NO3. The lowest BCUT2D eigenvalue weighted by molar-refractivity contribution is -0.160. The molecule has 3 saturated carbocycles. The lowest BCUT2D eigenvalue weighted by Crippen LogP contribution is -2.54. The van der Waals surface area contributed by atoms with Crippen molar-refractivity contribution in [2.24, 2.45) is 39.5 Å². The smallest absolute Gasteiger partial charge is 0.308 e. The fourth-order valence-corrected chi connectivity index (χ4v) is 7.72. The number of rotatable bonds is 7. The Morgan fingerprint density at radius 2 is 1.94 bits per heavy atom. The largest absolute Gasteiger partial charge is 0.433 e. The summed E-state index contributed by atoms with van der Waals surface area (Å²) >= 11 is 0. The summed E-state index contributed by atoms with van der Waals surface area (Å²) in [6.45, 7) is 10.6. The molecular weight excluding hydrogens is 386 g/mol. The van der Waals surface area contributed by atoms with Gasteiger partial charge in [-0.15, -0.1) is 0 Å². The Balaban J connectivity index is 1.49. The quantitative estimate of drug-likeness (QED) is 0.208. The predicted molar refractivity (Wildman–Crippen MR) is 124 cm³/mol. The number of fused-ring (bicyclic) bond motifs is 5. The second kappa shape index (κ2) is 8.48. The average Bonchev–Trinajstić information content (AvgIpc) is 3.06. The van der Waals surface area contributed by atoms with Crippen molar-refractivity contribution in [3.8, 4) is 0 Å². The van der Waals surface area contributed by atoms with E-state index in [1.807, 2.05) is 6.08 Å². The van der Waals surface area contributed by atoms with Crippen molar-refractivity contribution >= 4 is 18.5 Å². The first-order chi connectivity index (χ1) is 14.8. The molecule has 4 aliphatic carbocycles. The number of hydrogen-bond acceptors (Lipinski definition) is 4. The first-order valence-electron chi connectivity index (χ1n) is 12.7. The molecule has 0 N–H and O–H groups in total. The number of ketones is 1. The fourth-order valence-electron chi connectivity index (χ4n) is 7.72. The van der Waals surface area contributed by atoms with Crippen LogP contribution < -0.4 is 0 Å². The molecule has 4 rings (SSSR count). The first kappa shape index (κ1) is 22.7. The van der Waals surface area contributed by atoms with E-state index in [4.69, 9.17) is 4.74 Å². The molecule has 0 amide bonds. The SMILES string of the molecule is C=N[C@]1(OC(=O)CCCCCC)C=C[C@@]2(C)C(CC[C@@H]3[C@@H]2CC[C@]2(C)C(=O)CC[C@@H]32)C1. The van der Waals surface area contributed by atoms with Gasteiger partial charge >= 0.3 is 5.97 Å². The van der Waals surface area contributed by atoms with Crippen LogP contribution >= 0.6 is 0 Å². The van der Waals surface area contributed by atoms with Gasteiger partial charge in [-0.2, -0.15) is 0 Å². The van der Waals surface area contributed by atoms with Gasteiger partial charge in [-0.3, -0.25) is 14.6 Å². The highest BCUT2D eigenvalue weighted by atomic mass is 16.6. The van der Waals surface area contributed by atoms with E-state index in [1.54, 1.807) is 0 Å². The van der Waals surface area contributed by atoms with E-state index >= 15 is 0 Å². The van der Waals surface area contributed by atoms with Crippen LogP contribution in [0, 0.1) is 34.5 Å². The van der Waals surface area contributed by atoms with Crippen LogP contribution in [0.2, 0.25) is 0 Å². The van der Waals surface area contributed by atoms with Crippen molar-refractivity contribution in [1.29, 1.82) is 0 Å². The van der Waals surface area contributed by atoms with E-state index < -0.39 is 5.72 Å². The van der Waals surface area contributed by atoms with Crippen LogP contribution in [-0.4, -0.2) is 24.2 Å². The van der Waals surface area contributed by atoms with Gasteiger partial charge in [-0.05, 0) is 80.4 Å². The van der Waals surface area contributed by atoms with Crippen molar-refractivity contribution in [3.63, 3.8) is 0 Å². The summed E-state index contributed by atoms with van der Waals surface area (Å²) in [4.78, 5) is 29.5. The lowest BCUT2D eigenvalue weighted by Gasteiger charge is -2.59. The Morgan fingerprint density at radius 3 is 2.68 bits per heavy atom. The van der Waals surface area contributed by atoms with E-state index in [9.17, 15) is 9.59 Å². The van der Waals surface area contributed by atoms with E-state index in [-0.39, 0.29) is 16.8 Å². The van der Waals surface area contributed by atoms with Crippen LogP contribution in [-0.2, 0) is 14.3 Å². The van der Waals surface area contributed by atoms with Gasteiger partial charge in [0.2, 0.25) is 5.72 Å². The molecule has 0 saturated heterocycles. The zero-order chi connectivity index (χ0) is 22.3. The average molecular weight is 428 g/mol. The zero-order valence-electron chi connectivity index (χ0n) is 19.8. The van der Waals surface area contributed by atoms with Crippen molar-refractivity contribution in [1.82, 2.24) is 0 Å². The molecule has 172 valence electrons. The summed E-state index contributed by atoms with van der Waals surface area (Å²) in [6, 6.07) is 0. The van der Waals surface area contributed by atoms with E-state index in [2.05, 4.69) is 38.6 Å². The van der Waals surface area contributed by atoms with Crippen LogP contribution in [0.15, 0.2) is 17.1 Å². The molecule has 0 aromatic rings. The lowest BCUT2D eigenvalue weighted by atomic mass is 9.46. The van der Waals surface area contributed by atoms with E-state index in [1.165, 1.54) is 6.42 Å². The summed E-state index contributed by atoms with van der Waals surface area (Å²) in [6.07, 6.45) is 16.2. The Hall–Kier alpha value is -1.45. The normalized spacial score (nSPS) is 43.6. The summed E-state index contributed by atoms with van der Waals surface area (Å²) in [5.74, 6) is 2.60. The van der Waals surface area contributed by atoms with E-state index in [0.717, 1.165) is 64.2 Å². The Bertz CT molecular complexity index is 760. The molecule has 0 spiro atoms. The van der Waals surface area contributed by atoms with Gasteiger partial charge < -0.3 is 4.74 Å². The molecule has 4 heteroatoms. The Labute approximate surface area is 188 Å². The van der Waals surface area contributed by atoms with Crippen molar-refractivity contribution < 1.29 is 14.3 Å². The second-order valence-electron chi connectivity index (χ2n) is 11.3. The van der Waals surface area contributed by atoms with Gasteiger partial charge in [0.25, 0.3) is 0 Å². The second-order valence-corrected chi connectivity index (χ2v) is 11.3. The zero-order valence-corrected chi connectivity index (χ0v) is 19.8. The highest BCUT2D eigenvalue weighted by Gasteiger charge is 2.60. The number of hydrogen-bond donors (Lipinski definition) is 0. The van der Waals surface area contributed by atoms with E-state index in [0.29, 0.717) is 35.9 Å².